The molecule has 3 rings (SSSR count). The zero-order valence-electron chi connectivity index (χ0n) is 15.0. The van der Waals surface area contributed by atoms with Gasteiger partial charge in [-0.15, -0.1) is 0 Å². The van der Waals surface area contributed by atoms with Gasteiger partial charge < -0.3 is 20.6 Å². The van der Waals surface area contributed by atoms with Crippen LogP contribution < -0.4 is 15.5 Å². The molecule has 0 saturated heterocycles. The average Bonchev–Trinajstić information content (AvgIpc) is 2.99. The van der Waals surface area contributed by atoms with Gasteiger partial charge in [-0.1, -0.05) is 24.3 Å². The third-order valence-corrected chi connectivity index (χ3v) is 4.55. The molecule has 0 aliphatic carbocycles. The fraction of sp³-hybridized carbons (Fsp3) is 0.300. The average molecular weight is 353 g/mol. The number of hydrogen-bond donors (Lipinski definition) is 3. The molecule has 2 amide bonds. The van der Waals surface area contributed by atoms with E-state index in [1.54, 1.807) is 18.2 Å². The van der Waals surface area contributed by atoms with Crippen LogP contribution in [-0.4, -0.2) is 37.1 Å². The first-order valence-corrected chi connectivity index (χ1v) is 8.62. The summed E-state index contributed by atoms with van der Waals surface area (Å²) < 4.78 is 0. The molecule has 0 saturated carbocycles. The second-order valence-corrected chi connectivity index (χ2v) is 6.61. The van der Waals surface area contributed by atoms with E-state index < -0.39 is 17.9 Å². The summed E-state index contributed by atoms with van der Waals surface area (Å²) in [5, 5.41) is 15.3. The lowest BCUT2D eigenvalue weighted by atomic mass is 10.0. The molecule has 0 fully saturated rings. The molecule has 3 N–H and O–H groups in total. The smallest absolute Gasteiger partial charge is 0.313 e. The van der Waals surface area contributed by atoms with Crippen LogP contribution in [0.15, 0.2) is 42.5 Å². The Kier molecular flexibility index (Phi) is 5.23. The van der Waals surface area contributed by atoms with Crippen LogP contribution in [0.25, 0.3) is 0 Å². The maximum atomic E-state index is 12.0. The minimum atomic E-state index is -0.859. The number of likely N-dealkylation sites (N-methyl/N-ethyl adjacent to an activating group) is 1. The number of benzene rings is 2. The Morgan fingerprint density at radius 2 is 2.00 bits per heavy atom. The van der Waals surface area contributed by atoms with E-state index in [1.807, 2.05) is 38.2 Å². The maximum Gasteiger partial charge on any atom is 0.313 e. The highest BCUT2D eigenvalue weighted by atomic mass is 16.3. The molecule has 0 spiro atoms. The van der Waals surface area contributed by atoms with Crippen molar-refractivity contribution < 1.29 is 14.7 Å². The zero-order valence-corrected chi connectivity index (χ0v) is 15.0. The molecular weight excluding hydrogens is 330 g/mol. The highest BCUT2D eigenvalue weighted by molar-refractivity contribution is 6.39. The Bertz CT molecular complexity index is 835. The van der Waals surface area contributed by atoms with Crippen molar-refractivity contribution in [1.82, 2.24) is 5.32 Å². The number of aliphatic hydroxyl groups is 1. The third kappa shape index (κ3) is 4.03. The largest absolute Gasteiger partial charge is 0.387 e. The van der Waals surface area contributed by atoms with Crippen LogP contribution in [0, 0.1) is 6.92 Å². The van der Waals surface area contributed by atoms with Gasteiger partial charge in [0.25, 0.3) is 0 Å². The fourth-order valence-electron chi connectivity index (χ4n) is 3.09. The van der Waals surface area contributed by atoms with Crippen molar-refractivity contribution in [3.05, 3.63) is 59.2 Å². The maximum absolute atomic E-state index is 12.0. The Morgan fingerprint density at radius 3 is 2.77 bits per heavy atom. The first-order chi connectivity index (χ1) is 12.4. The number of carbonyl (C=O) groups excluding carboxylic acids is 2. The quantitative estimate of drug-likeness (QED) is 0.732. The molecule has 0 radical (unpaired) electrons. The van der Waals surface area contributed by atoms with Gasteiger partial charge >= 0.3 is 11.8 Å². The third-order valence-electron chi connectivity index (χ3n) is 4.55. The van der Waals surface area contributed by atoms with Crippen LogP contribution in [0.2, 0.25) is 0 Å². The van der Waals surface area contributed by atoms with Crippen molar-refractivity contribution in [2.24, 2.45) is 0 Å². The van der Waals surface area contributed by atoms with Gasteiger partial charge in [0.2, 0.25) is 0 Å². The molecule has 0 bridgehead atoms. The number of fused-ring (bicyclic) bond motifs is 1. The monoisotopic (exact) mass is 353 g/mol. The van der Waals surface area contributed by atoms with Gasteiger partial charge in [0.15, 0.2) is 0 Å². The highest BCUT2D eigenvalue weighted by Gasteiger charge is 2.19. The van der Waals surface area contributed by atoms with E-state index in [4.69, 9.17) is 0 Å². The minimum Gasteiger partial charge on any atom is -0.387 e. The number of carbonyl (C=O) groups is 2. The minimum absolute atomic E-state index is 0.0192. The van der Waals surface area contributed by atoms with Crippen LogP contribution >= 0.6 is 0 Å². The predicted molar refractivity (Wildman–Crippen MR) is 101 cm³/mol. The van der Waals surface area contributed by atoms with Gasteiger partial charge in [0.1, 0.15) is 0 Å². The van der Waals surface area contributed by atoms with E-state index in [0.717, 1.165) is 24.1 Å². The molecule has 1 unspecified atom stereocenters. The molecule has 1 atom stereocenters. The number of amides is 2. The summed E-state index contributed by atoms with van der Waals surface area (Å²) in [6.45, 7) is 2.85. The molecule has 1 aliphatic rings. The van der Waals surface area contributed by atoms with Crippen LogP contribution in [0.4, 0.5) is 11.4 Å². The van der Waals surface area contributed by atoms with Crippen molar-refractivity contribution >= 4 is 23.2 Å². The molecule has 0 aromatic heterocycles. The summed E-state index contributed by atoms with van der Waals surface area (Å²) in [6, 6.07) is 13.0. The van der Waals surface area contributed by atoms with Gasteiger partial charge in [0.05, 0.1) is 6.10 Å². The molecule has 6 heteroatoms. The van der Waals surface area contributed by atoms with E-state index in [-0.39, 0.29) is 6.54 Å². The second-order valence-electron chi connectivity index (χ2n) is 6.61. The summed E-state index contributed by atoms with van der Waals surface area (Å²) in [7, 11) is 2.04. The zero-order chi connectivity index (χ0) is 18.7. The summed E-state index contributed by atoms with van der Waals surface area (Å²) in [4.78, 5) is 26.1. The van der Waals surface area contributed by atoms with E-state index in [0.29, 0.717) is 5.69 Å². The Balaban J connectivity index is 1.54. The highest BCUT2D eigenvalue weighted by Crippen LogP contribution is 2.29. The van der Waals surface area contributed by atoms with Crippen LogP contribution in [-0.2, 0) is 16.0 Å². The van der Waals surface area contributed by atoms with Crippen LogP contribution in [0.1, 0.15) is 22.8 Å². The van der Waals surface area contributed by atoms with E-state index in [9.17, 15) is 14.7 Å². The molecule has 6 nitrogen and oxygen atoms in total. The van der Waals surface area contributed by atoms with Gasteiger partial charge in [-0.05, 0) is 48.2 Å². The number of nitrogens with zero attached hydrogens (tertiary/aromatic N) is 1. The number of hydrogen-bond acceptors (Lipinski definition) is 4. The van der Waals surface area contributed by atoms with Crippen molar-refractivity contribution in [1.29, 1.82) is 0 Å². The molecule has 1 aliphatic heterocycles. The van der Waals surface area contributed by atoms with Crippen molar-refractivity contribution in [3.8, 4) is 0 Å². The lowest BCUT2D eigenvalue weighted by Crippen LogP contribution is -2.37. The number of rotatable bonds is 4. The summed E-state index contributed by atoms with van der Waals surface area (Å²) >= 11 is 0. The van der Waals surface area contributed by atoms with Crippen LogP contribution in [0.3, 0.4) is 0 Å². The first kappa shape index (κ1) is 17.9. The van der Waals surface area contributed by atoms with Crippen LogP contribution in [0.5, 0.6) is 0 Å². The van der Waals surface area contributed by atoms with Gasteiger partial charge in [-0.25, -0.2) is 0 Å². The van der Waals surface area contributed by atoms with E-state index in [2.05, 4.69) is 15.5 Å². The number of aliphatic hydroxyl groups excluding tert-OH is 1. The van der Waals surface area contributed by atoms with Crippen molar-refractivity contribution in [3.63, 3.8) is 0 Å². The fourth-order valence-corrected chi connectivity index (χ4v) is 3.09. The Labute approximate surface area is 152 Å². The second kappa shape index (κ2) is 7.58. The van der Waals surface area contributed by atoms with Gasteiger partial charge in [0, 0.05) is 31.5 Å². The number of anilines is 2. The number of nitrogens with one attached hydrogen (secondary N) is 2. The SMILES string of the molecule is Cc1cccc(NC(=O)C(=O)NCC(O)c2ccc3c(c2)CCN3C)c1. The topological polar surface area (TPSA) is 81.7 Å². The van der Waals surface area contributed by atoms with E-state index >= 15 is 0 Å². The summed E-state index contributed by atoms with van der Waals surface area (Å²) in [6.07, 6.45) is 0.0828. The normalized spacial score (nSPS) is 13.9. The molecule has 2 aromatic rings. The first-order valence-electron chi connectivity index (χ1n) is 8.62. The van der Waals surface area contributed by atoms with Gasteiger partial charge in [-0.2, -0.15) is 0 Å². The van der Waals surface area contributed by atoms with Crippen molar-refractivity contribution in [2.75, 3.05) is 30.4 Å². The van der Waals surface area contributed by atoms with Crippen molar-refractivity contribution in [2.45, 2.75) is 19.4 Å². The lowest BCUT2D eigenvalue weighted by Gasteiger charge is -2.15. The lowest BCUT2D eigenvalue weighted by molar-refractivity contribution is -0.136. The molecule has 2 aromatic carbocycles. The summed E-state index contributed by atoms with van der Waals surface area (Å²) in [5.74, 6) is -1.52. The molecule has 136 valence electrons. The van der Waals surface area contributed by atoms with Gasteiger partial charge in [-0.3, -0.25) is 9.59 Å². The Hall–Kier alpha value is -2.86. The standard InChI is InChI=1S/C20H23N3O3/c1-13-4-3-5-16(10-13)22-20(26)19(25)21-12-18(24)15-6-7-17-14(11-15)8-9-23(17)2/h3-7,10-11,18,24H,8-9,12H2,1-2H3,(H,21,25)(H,22,26). The summed E-state index contributed by atoms with van der Waals surface area (Å²) in [5.41, 5.74) is 4.64. The number of aryl methyl sites for hydroxylation is 1. The molecule has 26 heavy (non-hydrogen) atoms. The predicted octanol–water partition coefficient (Wildman–Crippen LogP) is 1.78. The molecule has 1 heterocycles. The van der Waals surface area contributed by atoms with E-state index in [1.165, 1.54) is 11.3 Å². The molecular formula is C20H23N3O3. The Morgan fingerprint density at radius 1 is 1.19 bits per heavy atom.